The van der Waals surface area contributed by atoms with Crippen LogP contribution < -0.4 is 5.73 Å². The Bertz CT molecular complexity index is 573. The molecule has 2 aliphatic heterocycles. The molecule has 8 heteroatoms. The number of hydrogen-bond acceptors (Lipinski definition) is 5. The van der Waals surface area contributed by atoms with Crippen LogP contribution in [0, 0.1) is 5.92 Å². The number of piperidine rings is 1. The highest BCUT2D eigenvalue weighted by atomic mass is 16.5. The topological polar surface area (TPSA) is 103 Å². The van der Waals surface area contributed by atoms with E-state index >= 15 is 0 Å². The van der Waals surface area contributed by atoms with Crippen LogP contribution in [-0.4, -0.2) is 57.3 Å². The maximum absolute atomic E-state index is 12.6. The van der Waals surface area contributed by atoms with E-state index in [4.69, 9.17) is 10.5 Å². The Balaban J connectivity index is 1.68. The van der Waals surface area contributed by atoms with Crippen molar-refractivity contribution in [2.45, 2.75) is 38.3 Å². The summed E-state index contributed by atoms with van der Waals surface area (Å²) in [5, 5.41) is 4.10. The molecule has 0 bridgehead atoms. The molecule has 2 aliphatic rings. The molecule has 8 nitrogen and oxygen atoms in total. The lowest BCUT2D eigenvalue weighted by Gasteiger charge is -2.34. The first-order valence-corrected chi connectivity index (χ1v) is 7.67. The van der Waals surface area contributed by atoms with Gasteiger partial charge in [-0.15, -0.1) is 5.10 Å². The van der Waals surface area contributed by atoms with Crippen molar-refractivity contribution in [3.8, 4) is 0 Å². The quantitative estimate of drug-likeness (QED) is 0.844. The summed E-state index contributed by atoms with van der Waals surface area (Å²) in [5.74, 6) is -0.308. The Morgan fingerprint density at radius 2 is 2.23 bits per heavy atom. The molecule has 1 aromatic rings. The van der Waals surface area contributed by atoms with Crippen molar-refractivity contribution in [1.29, 1.82) is 0 Å². The van der Waals surface area contributed by atoms with Gasteiger partial charge in [-0.3, -0.25) is 9.59 Å². The highest BCUT2D eigenvalue weighted by molar-refractivity contribution is 5.88. The molecule has 0 spiro atoms. The van der Waals surface area contributed by atoms with E-state index in [0.29, 0.717) is 13.2 Å². The van der Waals surface area contributed by atoms with Crippen molar-refractivity contribution < 1.29 is 14.3 Å². The van der Waals surface area contributed by atoms with Crippen molar-refractivity contribution in [1.82, 2.24) is 19.7 Å². The number of likely N-dealkylation sites (tertiary alicyclic amines) is 1. The maximum atomic E-state index is 12.6. The van der Waals surface area contributed by atoms with E-state index in [1.165, 1.54) is 6.33 Å². The molecule has 2 N–H and O–H groups in total. The summed E-state index contributed by atoms with van der Waals surface area (Å²) in [6.45, 7) is 4.00. The van der Waals surface area contributed by atoms with Crippen molar-refractivity contribution in [2.75, 3.05) is 19.7 Å². The average Bonchev–Trinajstić information content (AvgIpc) is 3.15. The standard InChI is InChI=1S/C14H21N5O3/c1-9-4-6-22-11(9)14(21)18-5-2-3-10(7-18)19-8-16-13(17-19)12(15)20/h8-11H,2-7H2,1H3,(H2,15,20). The van der Waals surface area contributed by atoms with E-state index in [-0.39, 0.29) is 29.8 Å². The molecule has 3 heterocycles. The van der Waals surface area contributed by atoms with Crippen LogP contribution in [0.25, 0.3) is 0 Å². The molecule has 120 valence electrons. The van der Waals surface area contributed by atoms with Crippen LogP contribution in [0.15, 0.2) is 6.33 Å². The fraction of sp³-hybridized carbons (Fsp3) is 0.714. The summed E-state index contributed by atoms with van der Waals surface area (Å²) in [7, 11) is 0. The smallest absolute Gasteiger partial charge is 0.288 e. The zero-order chi connectivity index (χ0) is 15.7. The number of nitrogens with zero attached hydrogens (tertiary/aromatic N) is 4. The summed E-state index contributed by atoms with van der Waals surface area (Å²) >= 11 is 0. The molecule has 0 radical (unpaired) electrons. The fourth-order valence-corrected chi connectivity index (χ4v) is 3.13. The van der Waals surface area contributed by atoms with Crippen molar-refractivity contribution in [2.24, 2.45) is 11.7 Å². The zero-order valence-electron chi connectivity index (χ0n) is 12.6. The van der Waals surface area contributed by atoms with Crippen molar-refractivity contribution in [3.63, 3.8) is 0 Å². The maximum Gasteiger partial charge on any atom is 0.288 e. The SMILES string of the molecule is CC1CCOC1C(=O)N1CCCC(n2cnc(C(N)=O)n2)C1. The van der Waals surface area contributed by atoms with Crippen LogP contribution in [0.2, 0.25) is 0 Å². The predicted octanol–water partition coefficient (Wildman–Crippen LogP) is -0.0345. The summed E-state index contributed by atoms with van der Waals surface area (Å²) in [6.07, 6.45) is 3.90. The van der Waals surface area contributed by atoms with Gasteiger partial charge in [-0.05, 0) is 25.2 Å². The Kier molecular flexibility index (Phi) is 4.10. The third-order valence-electron chi connectivity index (χ3n) is 4.44. The molecular weight excluding hydrogens is 286 g/mol. The van der Waals surface area contributed by atoms with E-state index in [0.717, 1.165) is 25.8 Å². The largest absolute Gasteiger partial charge is 0.368 e. The lowest BCUT2D eigenvalue weighted by molar-refractivity contribution is -0.144. The molecule has 3 unspecified atom stereocenters. The van der Waals surface area contributed by atoms with Crippen molar-refractivity contribution >= 4 is 11.8 Å². The summed E-state index contributed by atoms with van der Waals surface area (Å²) < 4.78 is 7.21. The van der Waals surface area contributed by atoms with Gasteiger partial charge in [-0.2, -0.15) is 0 Å². The second-order valence-electron chi connectivity index (χ2n) is 6.05. The van der Waals surface area contributed by atoms with Crippen LogP contribution in [-0.2, 0) is 9.53 Å². The number of carbonyl (C=O) groups is 2. The van der Waals surface area contributed by atoms with E-state index in [9.17, 15) is 9.59 Å². The van der Waals surface area contributed by atoms with Crippen LogP contribution in [0.5, 0.6) is 0 Å². The van der Waals surface area contributed by atoms with Gasteiger partial charge >= 0.3 is 0 Å². The van der Waals surface area contributed by atoms with E-state index in [1.807, 2.05) is 11.8 Å². The first-order chi connectivity index (χ1) is 10.6. The number of primary amides is 1. The summed E-state index contributed by atoms with van der Waals surface area (Å²) in [6, 6.07) is 0.0232. The molecule has 22 heavy (non-hydrogen) atoms. The molecule has 2 saturated heterocycles. The number of rotatable bonds is 3. The second kappa shape index (κ2) is 6.04. The normalized spacial score (nSPS) is 28.8. The number of carbonyl (C=O) groups excluding carboxylic acids is 2. The second-order valence-corrected chi connectivity index (χ2v) is 6.05. The van der Waals surface area contributed by atoms with Crippen LogP contribution in [0.3, 0.4) is 0 Å². The first kappa shape index (κ1) is 15.0. The van der Waals surface area contributed by atoms with Gasteiger partial charge in [0.25, 0.3) is 11.8 Å². The van der Waals surface area contributed by atoms with Gasteiger partial charge in [0.2, 0.25) is 5.82 Å². The van der Waals surface area contributed by atoms with Gasteiger partial charge in [0.15, 0.2) is 0 Å². The number of nitrogens with two attached hydrogens (primary N) is 1. The van der Waals surface area contributed by atoms with Gasteiger partial charge in [0, 0.05) is 19.7 Å². The lowest BCUT2D eigenvalue weighted by atomic mass is 10.0. The molecule has 0 aliphatic carbocycles. The molecule has 0 aromatic carbocycles. The number of aromatic nitrogens is 3. The first-order valence-electron chi connectivity index (χ1n) is 7.67. The highest BCUT2D eigenvalue weighted by Crippen LogP contribution is 2.26. The summed E-state index contributed by atoms with van der Waals surface area (Å²) in [5.41, 5.74) is 5.17. The Labute approximate surface area is 128 Å². The van der Waals surface area contributed by atoms with E-state index in [2.05, 4.69) is 10.1 Å². The van der Waals surface area contributed by atoms with E-state index in [1.54, 1.807) is 4.68 Å². The van der Waals surface area contributed by atoms with Crippen molar-refractivity contribution in [3.05, 3.63) is 12.2 Å². The minimum absolute atomic E-state index is 0.0104. The molecule has 3 atom stereocenters. The minimum Gasteiger partial charge on any atom is -0.368 e. The van der Waals surface area contributed by atoms with Crippen LogP contribution in [0.1, 0.15) is 42.8 Å². The third kappa shape index (κ3) is 2.83. The van der Waals surface area contributed by atoms with Crippen LogP contribution >= 0.6 is 0 Å². The predicted molar refractivity (Wildman–Crippen MR) is 76.9 cm³/mol. The Hall–Kier alpha value is -1.96. The molecule has 1 aromatic heterocycles. The number of ether oxygens (including phenoxy) is 1. The van der Waals surface area contributed by atoms with Gasteiger partial charge in [-0.1, -0.05) is 6.92 Å². The molecule has 2 amide bonds. The molecule has 0 saturated carbocycles. The van der Waals surface area contributed by atoms with Gasteiger partial charge in [0.05, 0.1) is 6.04 Å². The number of hydrogen-bond donors (Lipinski definition) is 1. The summed E-state index contributed by atoms with van der Waals surface area (Å²) in [4.78, 5) is 29.4. The monoisotopic (exact) mass is 307 g/mol. The van der Waals surface area contributed by atoms with Crippen LogP contribution in [0.4, 0.5) is 0 Å². The molecule has 3 rings (SSSR count). The van der Waals surface area contributed by atoms with Gasteiger partial charge in [-0.25, -0.2) is 9.67 Å². The minimum atomic E-state index is -0.643. The Morgan fingerprint density at radius 1 is 1.41 bits per heavy atom. The Morgan fingerprint density at radius 3 is 2.86 bits per heavy atom. The highest BCUT2D eigenvalue weighted by Gasteiger charge is 2.36. The van der Waals surface area contributed by atoms with E-state index < -0.39 is 5.91 Å². The zero-order valence-corrected chi connectivity index (χ0v) is 12.6. The third-order valence-corrected chi connectivity index (χ3v) is 4.44. The van der Waals surface area contributed by atoms with Gasteiger partial charge < -0.3 is 15.4 Å². The lowest BCUT2D eigenvalue weighted by Crippen LogP contribution is -2.46. The molecular formula is C14H21N5O3. The fourth-order valence-electron chi connectivity index (χ4n) is 3.13. The van der Waals surface area contributed by atoms with Gasteiger partial charge in [0.1, 0.15) is 12.4 Å². The molecule has 2 fully saturated rings. The number of amides is 2. The average molecular weight is 307 g/mol.